The number of aromatic nitrogens is 3. The summed E-state index contributed by atoms with van der Waals surface area (Å²) in [6.07, 6.45) is 3.75. The molecule has 34 heavy (non-hydrogen) atoms. The first kappa shape index (κ1) is 21.5. The molecule has 0 amide bonds. The molecule has 2 heterocycles. The summed E-state index contributed by atoms with van der Waals surface area (Å²) in [6.45, 7) is 4.23. The topological polar surface area (TPSA) is 50.7 Å². The molecule has 1 unspecified atom stereocenters. The Labute approximate surface area is 200 Å². The summed E-state index contributed by atoms with van der Waals surface area (Å²) in [5.41, 5.74) is 7.39. The molecule has 5 rings (SSSR count). The van der Waals surface area contributed by atoms with Crippen LogP contribution in [0.15, 0.2) is 109 Å². The molecule has 0 aliphatic rings. The lowest BCUT2D eigenvalue weighted by molar-refractivity contribution is 0.873. The van der Waals surface area contributed by atoms with Crippen molar-refractivity contribution in [1.29, 1.82) is 0 Å². The van der Waals surface area contributed by atoms with E-state index in [2.05, 4.69) is 78.7 Å². The SMILES string of the molecule is Cc1ccc(-c2cncc(-c3cc(NC(C)c4ccccc4)nc(-c4ccccc4)n3)c2)cc1. The van der Waals surface area contributed by atoms with Crippen molar-refractivity contribution in [3.63, 3.8) is 0 Å². The second-order valence-electron chi connectivity index (χ2n) is 8.43. The third-order valence-corrected chi connectivity index (χ3v) is 5.84. The maximum Gasteiger partial charge on any atom is 0.162 e. The van der Waals surface area contributed by atoms with Gasteiger partial charge in [-0.1, -0.05) is 90.5 Å². The fourth-order valence-corrected chi connectivity index (χ4v) is 3.92. The average Bonchev–Trinajstić information content (AvgIpc) is 2.90. The Balaban J connectivity index is 1.56. The predicted molar refractivity (Wildman–Crippen MR) is 139 cm³/mol. The molecular weight excluding hydrogens is 416 g/mol. The normalized spacial score (nSPS) is 11.7. The van der Waals surface area contributed by atoms with Gasteiger partial charge in [0, 0.05) is 41.2 Å². The lowest BCUT2D eigenvalue weighted by Gasteiger charge is -2.16. The molecule has 4 nitrogen and oxygen atoms in total. The van der Waals surface area contributed by atoms with Crippen molar-refractivity contribution in [2.75, 3.05) is 5.32 Å². The molecule has 3 aromatic carbocycles. The van der Waals surface area contributed by atoms with Gasteiger partial charge in [0.15, 0.2) is 5.82 Å². The van der Waals surface area contributed by atoms with Crippen LogP contribution in [0, 0.1) is 6.92 Å². The molecule has 2 aromatic heterocycles. The molecule has 0 radical (unpaired) electrons. The van der Waals surface area contributed by atoms with Gasteiger partial charge >= 0.3 is 0 Å². The van der Waals surface area contributed by atoms with E-state index in [-0.39, 0.29) is 6.04 Å². The minimum atomic E-state index is 0.101. The molecule has 166 valence electrons. The molecule has 0 aliphatic carbocycles. The highest BCUT2D eigenvalue weighted by Crippen LogP contribution is 2.29. The molecule has 0 saturated carbocycles. The number of hydrogen-bond donors (Lipinski definition) is 1. The summed E-state index contributed by atoms with van der Waals surface area (Å²) in [4.78, 5) is 14.3. The number of hydrogen-bond acceptors (Lipinski definition) is 4. The monoisotopic (exact) mass is 442 g/mol. The van der Waals surface area contributed by atoms with Crippen molar-refractivity contribution in [1.82, 2.24) is 15.0 Å². The molecule has 0 fully saturated rings. The predicted octanol–water partition coefficient (Wildman–Crippen LogP) is 7.35. The van der Waals surface area contributed by atoms with Crippen molar-refractivity contribution in [3.05, 3.63) is 121 Å². The number of benzene rings is 3. The van der Waals surface area contributed by atoms with Crippen molar-refractivity contribution in [2.24, 2.45) is 0 Å². The van der Waals surface area contributed by atoms with E-state index in [4.69, 9.17) is 9.97 Å². The fraction of sp³-hybridized carbons (Fsp3) is 0.100. The minimum absolute atomic E-state index is 0.101. The maximum atomic E-state index is 4.91. The van der Waals surface area contributed by atoms with E-state index in [1.54, 1.807) is 0 Å². The van der Waals surface area contributed by atoms with Crippen LogP contribution in [-0.2, 0) is 0 Å². The Morgan fingerprint density at radius 1 is 0.647 bits per heavy atom. The van der Waals surface area contributed by atoms with Crippen molar-refractivity contribution in [3.8, 4) is 33.8 Å². The zero-order valence-corrected chi connectivity index (χ0v) is 19.3. The number of aryl methyl sites for hydroxylation is 1. The standard InChI is InChI=1S/C30H26N4/c1-21-13-15-24(16-14-21)26-17-27(20-31-19-26)28-18-29(32-22(2)23-9-5-3-6-10-23)34-30(33-28)25-11-7-4-8-12-25/h3-20,22H,1-2H3,(H,32,33,34). The molecule has 4 heteroatoms. The second kappa shape index (κ2) is 9.67. The molecule has 0 bridgehead atoms. The molecule has 0 saturated heterocycles. The first-order valence-electron chi connectivity index (χ1n) is 11.4. The number of nitrogens with one attached hydrogen (secondary N) is 1. The van der Waals surface area contributed by atoms with Crippen LogP contribution in [0.1, 0.15) is 24.1 Å². The van der Waals surface area contributed by atoms with E-state index < -0.39 is 0 Å². The average molecular weight is 443 g/mol. The maximum absolute atomic E-state index is 4.91. The van der Waals surface area contributed by atoms with Crippen molar-refractivity contribution >= 4 is 5.82 Å². The van der Waals surface area contributed by atoms with E-state index in [0.29, 0.717) is 5.82 Å². The van der Waals surface area contributed by atoms with Gasteiger partial charge in [-0.15, -0.1) is 0 Å². The number of anilines is 1. The Morgan fingerprint density at radius 3 is 2.06 bits per heavy atom. The van der Waals surface area contributed by atoms with Crippen LogP contribution in [0.3, 0.4) is 0 Å². The summed E-state index contributed by atoms with van der Waals surface area (Å²) in [7, 11) is 0. The van der Waals surface area contributed by atoms with Gasteiger partial charge in [-0.2, -0.15) is 0 Å². The van der Waals surface area contributed by atoms with Gasteiger partial charge < -0.3 is 5.32 Å². The van der Waals surface area contributed by atoms with E-state index in [0.717, 1.165) is 33.8 Å². The first-order valence-corrected chi connectivity index (χ1v) is 11.4. The smallest absolute Gasteiger partial charge is 0.162 e. The van der Waals surface area contributed by atoms with Crippen LogP contribution in [0.5, 0.6) is 0 Å². The van der Waals surface area contributed by atoms with Crippen LogP contribution in [-0.4, -0.2) is 15.0 Å². The van der Waals surface area contributed by atoms with Gasteiger partial charge in [0.2, 0.25) is 0 Å². The van der Waals surface area contributed by atoms with Crippen molar-refractivity contribution < 1.29 is 0 Å². The van der Waals surface area contributed by atoms with Crippen LogP contribution in [0.4, 0.5) is 5.82 Å². The highest BCUT2D eigenvalue weighted by molar-refractivity contribution is 5.73. The lowest BCUT2D eigenvalue weighted by Crippen LogP contribution is -2.09. The molecular formula is C30H26N4. The van der Waals surface area contributed by atoms with E-state index in [1.165, 1.54) is 11.1 Å². The van der Waals surface area contributed by atoms with Crippen LogP contribution in [0.2, 0.25) is 0 Å². The Morgan fingerprint density at radius 2 is 1.32 bits per heavy atom. The van der Waals surface area contributed by atoms with E-state index in [9.17, 15) is 0 Å². The highest BCUT2D eigenvalue weighted by Gasteiger charge is 2.13. The van der Waals surface area contributed by atoms with Gasteiger partial charge in [-0.25, -0.2) is 9.97 Å². The second-order valence-corrected chi connectivity index (χ2v) is 8.43. The van der Waals surface area contributed by atoms with Crippen LogP contribution in [0.25, 0.3) is 33.8 Å². The molecule has 1 N–H and O–H groups in total. The number of pyridine rings is 1. The third kappa shape index (κ3) is 4.86. The highest BCUT2D eigenvalue weighted by atomic mass is 15.0. The van der Waals surface area contributed by atoms with Crippen LogP contribution < -0.4 is 5.32 Å². The first-order chi connectivity index (χ1) is 16.7. The zero-order valence-electron chi connectivity index (χ0n) is 19.3. The summed E-state index contributed by atoms with van der Waals surface area (Å²) in [6, 6.07) is 33.2. The molecule has 1 atom stereocenters. The third-order valence-electron chi connectivity index (χ3n) is 5.84. The van der Waals surface area contributed by atoms with Gasteiger partial charge in [-0.05, 0) is 31.0 Å². The van der Waals surface area contributed by atoms with Gasteiger partial charge in [-0.3, -0.25) is 4.98 Å². The van der Waals surface area contributed by atoms with E-state index >= 15 is 0 Å². The number of rotatable bonds is 6. The lowest BCUT2D eigenvalue weighted by atomic mass is 10.0. The fourth-order valence-electron chi connectivity index (χ4n) is 3.92. The van der Waals surface area contributed by atoms with Crippen LogP contribution >= 0.6 is 0 Å². The Hall–Kier alpha value is -4.31. The largest absolute Gasteiger partial charge is 0.363 e. The van der Waals surface area contributed by atoms with Gasteiger partial charge in [0.05, 0.1) is 5.69 Å². The minimum Gasteiger partial charge on any atom is -0.363 e. The van der Waals surface area contributed by atoms with E-state index in [1.807, 2.05) is 54.9 Å². The molecule has 5 aromatic rings. The van der Waals surface area contributed by atoms with Crippen molar-refractivity contribution in [2.45, 2.75) is 19.9 Å². The van der Waals surface area contributed by atoms with Gasteiger partial charge in [0.1, 0.15) is 5.82 Å². The summed E-state index contributed by atoms with van der Waals surface area (Å²) >= 11 is 0. The Kier molecular flexibility index (Phi) is 6.13. The summed E-state index contributed by atoms with van der Waals surface area (Å²) in [5.74, 6) is 1.46. The zero-order chi connectivity index (χ0) is 23.3. The summed E-state index contributed by atoms with van der Waals surface area (Å²) in [5, 5.41) is 3.56. The molecule has 0 aliphatic heterocycles. The molecule has 0 spiro atoms. The quantitative estimate of drug-likeness (QED) is 0.299. The number of nitrogens with zero attached hydrogens (tertiary/aromatic N) is 3. The van der Waals surface area contributed by atoms with Gasteiger partial charge in [0.25, 0.3) is 0 Å². The summed E-state index contributed by atoms with van der Waals surface area (Å²) < 4.78 is 0. The Bertz CT molecular complexity index is 1380.